The van der Waals surface area contributed by atoms with Gasteiger partial charge in [0.05, 0.1) is 18.0 Å². The molecule has 0 radical (unpaired) electrons. The summed E-state index contributed by atoms with van der Waals surface area (Å²) >= 11 is 1.96. The van der Waals surface area contributed by atoms with Crippen molar-refractivity contribution in [2.24, 2.45) is 0 Å². The first-order valence-corrected chi connectivity index (χ1v) is 12.1. The summed E-state index contributed by atoms with van der Waals surface area (Å²) in [6.07, 6.45) is 5.08. The van der Waals surface area contributed by atoms with E-state index in [1.165, 1.54) is 40.2 Å². The maximum absolute atomic E-state index is 9.30. The summed E-state index contributed by atoms with van der Waals surface area (Å²) in [7, 11) is 2.15. The summed E-state index contributed by atoms with van der Waals surface area (Å²) in [6, 6.07) is 17.9. The van der Waals surface area contributed by atoms with Gasteiger partial charge in [-0.3, -0.25) is 0 Å². The van der Waals surface area contributed by atoms with Crippen molar-refractivity contribution in [3.8, 4) is 23.1 Å². The van der Waals surface area contributed by atoms with Crippen LogP contribution in [-0.4, -0.2) is 41.9 Å². The normalized spacial score (nSPS) is 18.6. The number of pyridine rings is 1. The molecule has 5 heteroatoms. The number of fused-ring (bicyclic) bond motifs is 2. The molecule has 2 aromatic carbocycles. The van der Waals surface area contributed by atoms with Crippen LogP contribution in [0, 0.1) is 11.3 Å². The summed E-state index contributed by atoms with van der Waals surface area (Å²) in [5.74, 6) is 1.79. The fourth-order valence-corrected chi connectivity index (χ4v) is 5.87. The number of likely N-dealkylation sites (tertiary alicyclic amines) is 1. The van der Waals surface area contributed by atoms with Gasteiger partial charge in [0.15, 0.2) is 0 Å². The predicted molar refractivity (Wildman–Crippen MR) is 127 cm³/mol. The van der Waals surface area contributed by atoms with Gasteiger partial charge in [-0.2, -0.15) is 5.26 Å². The topological polar surface area (TPSA) is 49.1 Å². The molecule has 3 heterocycles. The lowest BCUT2D eigenvalue weighted by molar-refractivity contribution is 0.192. The summed E-state index contributed by atoms with van der Waals surface area (Å²) in [5.41, 5.74) is 5.74. The highest BCUT2D eigenvalue weighted by Gasteiger charge is 2.22. The summed E-state index contributed by atoms with van der Waals surface area (Å²) in [6.45, 7) is 1.74. The Hall–Kier alpha value is -2.55. The Morgan fingerprint density at radius 1 is 1.23 bits per heavy atom. The van der Waals surface area contributed by atoms with E-state index in [-0.39, 0.29) is 0 Å². The fourth-order valence-electron chi connectivity index (χ4n) is 4.68. The fraction of sp³-hybridized carbons (Fsp3) is 0.385. The third kappa shape index (κ3) is 4.15. The Labute approximate surface area is 188 Å². The van der Waals surface area contributed by atoms with Crippen LogP contribution in [0.5, 0.6) is 5.88 Å². The molecule has 0 N–H and O–H groups in total. The molecule has 2 aliphatic heterocycles. The largest absolute Gasteiger partial charge is 0.476 e. The molecule has 2 aliphatic rings. The van der Waals surface area contributed by atoms with E-state index in [4.69, 9.17) is 9.72 Å². The second-order valence-electron chi connectivity index (χ2n) is 8.53. The van der Waals surface area contributed by atoms with E-state index >= 15 is 0 Å². The van der Waals surface area contributed by atoms with Crippen molar-refractivity contribution >= 4 is 22.7 Å². The standard InChI is InChI=1S/C26H27N3OS/c1-29-13-3-7-22(29)17-30-26-21(11-12-27)15-20-10-9-19(16-24(20)28-26)23-8-2-5-18-6-4-14-31-25(18)23/h2,5,8-10,15-16,22H,3-4,6-7,11,13-14,17H2,1H3/t22-/m0/s1. The van der Waals surface area contributed by atoms with Crippen molar-refractivity contribution in [2.75, 3.05) is 26.0 Å². The lowest BCUT2D eigenvalue weighted by Crippen LogP contribution is -2.30. The Morgan fingerprint density at radius 3 is 3.00 bits per heavy atom. The average Bonchev–Trinajstić information content (AvgIpc) is 3.22. The number of hydrogen-bond donors (Lipinski definition) is 0. The van der Waals surface area contributed by atoms with Crippen LogP contribution >= 0.6 is 11.8 Å². The zero-order chi connectivity index (χ0) is 21.2. The summed E-state index contributed by atoms with van der Waals surface area (Å²) in [5, 5.41) is 10.4. The molecule has 1 fully saturated rings. The number of rotatable bonds is 5. The molecule has 0 amide bonds. The maximum Gasteiger partial charge on any atom is 0.218 e. The summed E-state index contributed by atoms with van der Waals surface area (Å²) in [4.78, 5) is 8.64. The molecule has 5 rings (SSSR count). The number of aryl methyl sites for hydroxylation is 1. The predicted octanol–water partition coefficient (Wildman–Crippen LogP) is 5.48. The highest BCUT2D eigenvalue weighted by molar-refractivity contribution is 7.99. The van der Waals surface area contributed by atoms with E-state index < -0.39 is 0 Å². The van der Waals surface area contributed by atoms with Crippen LogP contribution in [0.2, 0.25) is 0 Å². The van der Waals surface area contributed by atoms with E-state index in [2.05, 4.69) is 60.5 Å². The third-order valence-corrected chi connectivity index (χ3v) is 7.72. The third-order valence-electron chi connectivity index (χ3n) is 6.45. The molecule has 0 saturated carbocycles. The van der Waals surface area contributed by atoms with Crippen molar-refractivity contribution in [2.45, 2.75) is 43.0 Å². The number of benzene rings is 2. The van der Waals surface area contributed by atoms with Crippen LogP contribution in [-0.2, 0) is 12.8 Å². The van der Waals surface area contributed by atoms with Crippen molar-refractivity contribution < 1.29 is 4.74 Å². The SMILES string of the molecule is CN1CCC[C@H]1COc1nc2cc(-c3cccc4c3SCCC4)ccc2cc1CC#N. The number of likely N-dealkylation sites (N-methyl/N-ethyl adjacent to an activating group) is 1. The molecule has 0 unspecified atom stereocenters. The highest BCUT2D eigenvalue weighted by atomic mass is 32.2. The minimum Gasteiger partial charge on any atom is -0.476 e. The van der Waals surface area contributed by atoms with Crippen molar-refractivity contribution in [1.82, 2.24) is 9.88 Å². The average molecular weight is 430 g/mol. The first kappa shape index (κ1) is 20.4. The molecule has 158 valence electrons. The van der Waals surface area contributed by atoms with E-state index in [1.54, 1.807) is 0 Å². The maximum atomic E-state index is 9.30. The number of hydrogen-bond acceptors (Lipinski definition) is 5. The molecule has 4 nitrogen and oxygen atoms in total. The monoisotopic (exact) mass is 429 g/mol. The number of nitriles is 1. The van der Waals surface area contributed by atoms with E-state index in [0.717, 1.165) is 35.9 Å². The molecular formula is C26H27N3OS. The molecule has 0 spiro atoms. The molecule has 3 aromatic rings. The molecule has 31 heavy (non-hydrogen) atoms. The van der Waals surface area contributed by atoms with E-state index in [9.17, 15) is 5.26 Å². The van der Waals surface area contributed by atoms with Gasteiger partial charge in [-0.25, -0.2) is 4.98 Å². The summed E-state index contributed by atoms with van der Waals surface area (Å²) < 4.78 is 6.18. The lowest BCUT2D eigenvalue weighted by atomic mass is 9.99. The zero-order valence-corrected chi connectivity index (χ0v) is 18.8. The first-order chi connectivity index (χ1) is 15.2. The number of thioether (sulfide) groups is 1. The van der Waals surface area contributed by atoms with Crippen LogP contribution < -0.4 is 4.74 Å². The lowest BCUT2D eigenvalue weighted by Gasteiger charge is -2.20. The quantitative estimate of drug-likeness (QED) is 0.538. The van der Waals surface area contributed by atoms with Gasteiger partial charge in [0, 0.05) is 21.9 Å². The first-order valence-electron chi connectivity index (χ1n) is 11.1. The van der Waals surface area contributed by atoms with E-state index in [0.29, 0.717) is 24.9 Å². The van der Waals surface area contributed by atoms with Crippen LogP contribution in [0.25, 0.3) is 22.0 Å². The molecular weight excluding hydrogens is 402 g/mol. The van der Waals surface area contributed by atoms with Gasteiger partial charge in [-0.1, -0.05) is 30.3 Å². The molecule has 1 atom stereocenters. The zero-order valence-electron chi connectivity index (χ0n) is 17.9. The van der Waals surface area contributed by atoms with Crippen LogP contribution in [0.15, 0.2) is 47.4 Å². The Balaban J connectivity index is 1.51. The van der Waals surface area contributed by atoms with Gasteiger partial charge < -0.3 is 9.64 Å². The van der Waals surface area contributed by atoms with Gasteiger partial charge in [-0.05, 0) is 73.9 Å². The second-order valence-corrected chi connectivity index (χ2v) is 9.63. The van der Waals surface area contributed by atoms with Crippen molar-refractivity contribution in [3.63, 3.8) is 0 Å². The van der Waals surface area contributed by atoms with Gasteiger partial charge in [0.1, 0.15) is 6.61 Å². The smallest absolute Gasteiger partial charge is 0.218 e. The van der Waals surface area contributed by atoms with Crippen LogP contribution in [0.1, 0.15) is 30.4 Å². The molecule has 0 aliphatic carbocycles. The van der Waals surface area contributed by atoms with Crippen molar-refractivity contribution in [1.29, 1.82) is 5.26 Å². The number of aromatic nitrogens is 1. The molecule has 0 bridgehead atoms. The minimum atomic E-state index is 0.309. The number of ether oxygens (including phenoxy) is 1. The Kier molecular flexibility index (Phi) is 5.85. The van der Waals surface area contributed by atoms with Gasteiger partial charge >= 0.3 is 0 Å². The van der Waals surface area contributed by atoms with Crippen LogP contribution in [0.3, 0.4) is 0 Å². The Morgan fingerprint density at radius 2 is 2.16 bits per heavy atom. The van der Waals surface area contributed by atoms with Gasteiger partial charge in [-0.15, -0.1) is 11.8 Å². The number of nitrogens with zero attached hydrogens (tertiary/aromatic N) is 3. The van der Waals surface area contributed by atoms with Crippen LogP contribution in [0.4, 0.5) is 0 Å². The highest BCUT2D eigenvalue weighted by Crippen LogP contribution is 2.39. The van der Waals surface area contributed by atoms with Crippen molar-refractivity contribution in [3.05, 3.63) is 53.6 Å². The van der Waals surface area contributed by atoms with E-state index in [1.807, 2.05) is 11.8 Å². The molecule has 1 saturated heterocycles. The van der Waals surface area contributed by atoms with Gasteiger partial charge in [0.25, 0.3) is 0 Å². The minimum absolute atomic E-state index is 0.309. The Bertz CT molecular complexity index is 1150. The molecule has 1 aromatic heterocycles. The second kappa shape index (κ2) is 8.90. The van der Waals surface area contributed by atoms with Gasteiger partial charge in [0.2, 0.25) is 5.88 Å².